The van der Waals surface area contributed by atoms with Crippen LogP contribution in [0.25, 0.3) is 0 Å². The van der Waals surface area contributed by atoms with Crippen molar-refractivity contribution in [2.45, 2.75) is 57.7 Å². The molecule has 1 saturated carbocycles. The molecule has 1 aliphatic carbocycles. The Morgan fingerprint density at radius 2 is 2.00 bits per heavy atom. The Morgan fingerprint density at radius 1 is 1.31 bits per heavy atom. The Kier molecular flexibility index (Phi) is 6.32. The minimum absolute atomic E-state index is 0.429. The van der Waals surface area contributed by atoms with Crippen molar-refractivity contribution in [2.75, 3.05) is 27.2 Å². The second-order valence-corrected chi connectivity index (χ2v) is 5.19. The van der Waals surface area contributed by atoms with Gasteiger partial charge in [-0.15, -0.1) is 0 Å². The van der Waals surface area contributed by atoms with Gasteiger partial charge in [0.2, 0.25) is 0 Å². The van der Waals surface area contributed by atoms with Crippen LogP contribution in [0.5, 0.6) is 0 Å². The van der Waals surface area contributed by atoms with E-state index < -0.39 is 0 Å². The van der Waals surface area contributed by atoms with Crippen molar-refractivity contribution >= 4 is 0 Å². The van der Waals surface area contributed by atoms with E-state index in [9.17, 15) is 0 Å². The molecule has 96 valence electrons. The van der Waals surface area contributed by atoms with Crippen LogP contribution in [0.1, 0.15) is 39.5 Å². The molecule has 0 aromatic rings. The number of nitrogens with one attached hydrogen (secondary N) is 1. The SMILES string of the molecule is COC1CCCCC1NCCN(C)C(C)C. The van der Waals surface area contributed by atoms with Gasteiger partial charge in [0.1, 0.15) is 0 Å². The molecule has 2 atom stereocenters. The van der Waals surface area contributed by atoms with Gasteiger partial charge >= 0.3 is 0 Å². The molecule has 1 fully saturated rings. The number of nitrogens with zero attached hydrogens (tertiary/aromatic N) is 1. The van der Waals surface area contributed by atoms with Crippen LogP contribution in [0, 0.1) is 0 Å². The average molecular weight is 228 g/mol. The zero-order valence-electron chi connectivity index (χ0n) is 11.3. The Morgan fingerprint density at radius 3 is 2.62 bits per heavy atom. The molecule has 0 aliphatic heterocycles. The molecular formula is C13H28N2O. The van der Waals surface area contributed by atoms with Gasteiger partial charge < -0.3 is 15.0 Å². The van der Waals surface area contributed by atoms with Gasteiger partial charge in [0.05, 0.1) is 6.10 Å². The van der Waals surface area contributed by atoms with E-state index in [1.165, 1.54) is 25.7 Å². The third kappa shape index (κ3) is 4.40. The second kappa shape index (κ2) is 7.25. The van der Waals surface area contributed by atoms with Gasteiger partial charge in [0.25, 0.3) is 0 Å². The summed E-state index contributed by atoms with van der Waals surface area (Å²) in [6.07, 6.45) is 5.58. The van der Waals surface area contributed by atoms with Gasteiger partial charge in [-0.1, -0.05) is 12.8 Å². The molecule has 16 heavy (non-hydrogen) atoms. The van der Waals surface area contributed by atoms with Crippen molar-refractivity contribution in [3.63, 3.8) is 0 Å². The molecule has 1 rings (SSSR count). The summed E-state index contributed by atoms with van der Waals surface area (Å²) in [4.78, 5) is 2.37. The van der Waals surface area contributed by atoms with Gasteiger partial charge in [0.15, 0.2) is 0 Å². The van der Waals surface area contributed by atoms with Crippen LogP contribution < -0.4 is 5.32 Å². The molecule has 1 N–H and O–H groups in total. The van der Waals surface area contributed by atoms with Gasteiger partial charge in [0, 0.05) is 32.3 Å². The summed E-state index contributed by atoms with van der Waals surface area (Å²) in [5, 5.41) is 3.64. The Bertz CT molecular complexity index is 185. The Balaban J connectivity index is 2.20. The highest BCUT2D eigenvalue weighted by Crippen LogP contribution is 2.20. The lowest BCUT2D eigenvalue weighted by Crippen LogP contribution is -2.46. The normalized spacial score (nSPS) is 26.6. The van der Waals surface area contributed by atoms with Crippen LogP contribution in [-0.4, -0.2) is 50.3 Å². The smallest absolute Gasteiger partial charge is 0.0724 e. The fourth-order valence-corrected chi connectivity index (χ4v) is 2.30. The van der Waals surface area contributed by atoms with E-state index in [-0.39, 0.29) is 0 Å². The highest BCUT2D eigenvalue weighted by Gasteiger charge is 2.24. The van der Waals surface area contributed by atoms with E-state index in [4.69, 9.17) is 4.74 Å². The Labute approximate surface area is 101 Å². The fraction of sp³-hybridized carbons (Fsp3) is 1.00. The summed E-state index contributed by atoms with van der Waals surface area (Å²) in [5.74, 6) is 0. The predicted octanol–water partition coefficient (Wildman–Crippen LogP) is 1.87. The topological polar surface area (TPSA) is 24.5 Å². The van der Waals surface area contributed by atoms with Crippen LogP contribution in [0.15, 0.2) is 0 Å². The van der Waals surface area contributed by atoms with Crippen molar-refractivity contribution in [3.05, 3.63) is 0 Å². The van der Waals surface area contributed by atoms with Gasteiger partial charge in [-0.25, -0.2) is 0 Å². The first-order valence-electron chi connectivity index (χ1n) is 6.61. The van der Waals surface area contributed by atoms with E-state index in [0.717, 1.165) is 13.1 Å². The number of rotatable bonds is 6. The van der Waals surface area contributed by atoms with E-state index in [1.807, 2.05) is 7.11 Å². The van der Waals surface area contributed by atoms with Crippen molar-refractivity contribution in [2.24, 2.45) is 0 Å². The average Bonchev–Trinajstić information content (AvgIpc) is 2.29. The third-order valence-electron chi connectivity index (χ3n) is 3.76. The number of likely N-dealkylation sites (N-methyl/N-ethyl adjacent to an activating group) is 1. The molecule has 2 unspecified atom stereocenters. The molecule has 0 heterocycles. The van der Waals surface area contributed by atoms with Crippen LogP contribution in [-0.2, 0) is 4.74 Å². The number of ether oxygens (including phenoxy) is 1. The van der Waals surface area contributed by atoms with Crippen LogP contribution in [0.4, 0.5) is 0 Å². The lowest BCUT2D eigenvalue weighted by atomic mass is 9.92. The molecule has 3 nitrogen and oxygen atoms in total. The maximum Gasteiger partial charge on any atom is 0.0724 e. The summed E-state index contributed by atoms with van der Waals surface area (Å²) in [5.41, 5.74) is 0. The number of hydrogen-bond acceptors (Lipinski definition) is 3. The summed E-state index contributed by atoms with van der Waals surface area (Å²) >= 11 is 0. The minimum atomic E-state index is 0.429. The summed E-state index contributed by atoms with van der Waals surface area (Å²) < 4.78 is 5.53. The Hall–Kier alpha value is -0.120. The molecule has 1 aliphatic rings. The van der Waals surface area contributed by atoms with Gasteiger partial charge in [-0.2, -0.15) is 0 Å². The van der Waals surface area contributed by atoms with E-state index in [0.29, 0.717) is 18.2 Å². The maximum atomic E-state index is 5.53. The summed E-state index contributed by atoms with van der Waals surface area (Å²) in [6, 6.07) is 1.20. The maximum absolute atomic E-state index is 5.53. The van der Waals surface area contributed by atoms with Crippen molar-refractivity contribution in [3.8, 4) is 0 Å². The highest BCUT2D eigenvalue weighted by atomic mass is 16.5. The molecule has 0 bridgehead atoms. The van der Waals surface area contributed by atoms with Crippen molar-refractivity contribution in [1.29, 1.82) is 0 Å². The van der Waals surface area contributed by atoms with Crippen LogP contribution in [0.3, 0.4) is 0 Å². The van der Waals surface area contributed by atoms with Crippen molar-refractivity contribution < 1.29 is 4.74 Å². The monoisotopic (exact) mass is 228 g/mol. The zero-order chi connectivity index (χ0) is 12.0. The first-order chi connectivity index (χ1) is 7.65. The standard InChI is InChI=1S/C13H28N2O/c1-11(2)15(3)10-9-14-12-7-5-6-8-13(12)16-4/h11-14H,5-10H2,1-4H3. The second-order valence-electron chi connectivity index (χ2n) is 5.19. The highest BCUT2D eigenvalue weighted by molar-refractivity contribution is 4.81. The van der Waals surface area contributed by atoms with E-state index >= 15 is 0 Å². The van der Waals surface area contributed by atoms with Gasteiger partial charge in [-0.3, -0.25) is 0 Å². The van der Waals surface area contributed by atoms with Gasteiger partial charge in [-0.05, 0) is 33.7 Å². The minimum Gasteiger partial charge on any atom is -0.380 e. The molecular weight excluding hydrogens is 200 g/mol. The molecule has 0 spiro atoms. The summed E-state index contributed by atoms with van der Waals surface area (Å²) in [6.45, 7) is 6.65. The largest absolute Gasteiger partial charge is 0.380 e. The zero-order valence-corrected chi connectivity index (χ0v) is 11.3. The quantitative estimate of drug-likeness (QED) is 0.751. The first kappa shape index (κ1) is 13.9. The lowest BCUT2D eigenvalue weighted by Gasteiger charge is -2.32. The number of methoxy groups -OCH3 is 1. The van der Waals surface area contributed by atoms with Crippen molar-refractivity contribution in [1.82, 2.24) is 10.2 Å². The molecule has 0 aromatic heterocycles. The van der Waals surface area contributed by atoms with Crippen LogP contribution in [0.2, 0.25) is 0 Å². The first-order valence-corrected chi connectivity index (χ1v) is 6.61. The number of hydrogen-bond donors (Lipinski definition) is 1. The molecule has 3 heteroatoms. The van der Waals surface area contributed by atoms with Crippen LogP contribution >= 0.6 is 0 Å². The predicted molar refractivity (Wildman–Crippen MR) is 68.8 cm³/mol. The summed E-state index contributed by atoms with van der Waals surface area (Å²) in [7, 11) is 4.02. The molecule has 0 radical (unpaired) electrons. The van der Waals surface area contributed by atoms with E-state index in [1.54, 1.807) is 0 Å². The molecule has 0 saturated heterocycles. The van der Waals surface area contributed by atoms with E-state index in [2.05, 4.69) is 31.1 Å². The molecule has 0 aromatic carbocycles. The fourth-order valence-electron chi connectivity index (χ4n) is 2.30. The lowest BCUT2D eigenvalue weighted by molar-refractivity contribution is 0.0410. The molecule has 0 amide bonds. The third-order valence-corrected chi connectivity index (χ3v) is 3.76.